The summed E-state index contributed by atoms with van der Waals surface area (Å²) in [7, 11) is 0. The van der Waals surface area contributed by atoms with E-state index in [1.807, 2.05) is 4.90 Å². The summed E-state index contributed by atoms with van der Waals surface area (Å²) >= 11 is 0. The van der Waals surface area contributed by atoms with Gasteiger partial charge in [-0.1, -0.05) is 19.3 Å². The first kappa shape index (κ1) is 14.3. The molecule has 0 radical (unpaired) electrons. The van der Waals surface area contributed by atoms with Gasteiger partial charge in [-0.15, -0.1) is 0 Å². The van der Waals surface area contributed by atoms with E-state index in [0.29, 0.717) is 18.4 Å². The highest BCUT2D eigenvalue weighted by Crippen LogP contribution is 2.33. The van der Waals surface area contributed by atoms with Crippen LogP contribution in [0.4, 0.5) is 0 Å². The van der Waals surface area contributed by atoms with Crippen molar-refractivity contribution in [1.29, 1.82) is 0 Å². The summed E-state index contributed by atoms with van der Waals surface area (Å²) in [4.78, 5) is 14.4. The largest absolute Gasteiger partial charge is 0.389 e. The Bertz CT molecular complexity index is 352. The van der Waals surface area contributed by atoms with Gasteiger partial charge in [-0.3, -0.25) is 4.79 Å². The first-order valence-electron chi connectivity index (χ1n) is 8.28. The molecule has 4 heteroatoms. The Labute approximate surface area is 121 Å². The Kier molecular flexibility index (Phi) is 4.32. The van der Waals surface area contributed by atoms with Crippen molar-refractivity contribution in [2.45, 2.75) is 69.5 Å². The van der Waals surface area contributed by atoms with Gasteiger partial charge in [0.05, 0.1) is 18.1 Å². The summed E-state index contributed by atoms with van der Waals surface area (Å²) in [5, 5.41) is 10.5. The number of aliphatic hydroxyl groups is 1. The zero-order valence-corrected chi connectivity index (χ0v) is 12.4. The summed E-state index contributed by atoms with van der Waals surface area (Å²) in [6.45, 7) is 2.52. The van der Waals surface area contributed by atoms with Crippen molar-refractivity contribution >= 4 is 5.91 Å². The number of carbonyl (C=O) groups excluding carboxylic acids is 1. The van der Waals surface area contributed by atoms with Gasteiger partial charge in [0.1, 0.15) is 0 Å². The van der Waals surface area contributed by atoms with Crippen LogP contribution in [0.25, 0.3) is 0 Å². The number of piperidine rings is 1. The van der Waals surface area contributed by atoms with Gasteiger partial charge in [0.25, 0.3) is 0 Å². The molecule has 3 aliphatic rings. The summed E-state index contributed by atoms with van der Waals surface area (Å²) in [6, 6.07) is 0. The number of amides is 1. The molecule has 0 aromatic carbocycles. The molecule has 0 bridgehead atoms. The van der Waals surface area contributed by atoms with Crippen LogP contribution in [0.3, 0.4) is 0 Å². The molecule has 3 rings (SSSR count). The van der Waals surface area contributed by atoms with Gasteiger partial charge in [-0.25, -0.2) is 0 Å². The predicted octanol–water partition coefficient (Wildman–Crippen LogP) is 2.10. The maximum Gasteiger partial charge on any atom is 0.225 e. The molecule has 3 fully saturated rings. The summed E-state index contributed by atoms with van der Waals surface area (Å²) in [5.41, 5.74) is -0.727. The van der Waals surface area contributed by atoms with E-state index >= 15 is 0 Å². The van der Waals surface area contributed by atoms with Crippen molar-refractivity contribution in [1.82, 2.24) is 4.90 Å². The van der Waals surface area contributed by atoms with E-state index in [2.05, 4.69) is 0 Å². The Hall–Kier alpha value is -0.610. The SMILES string of the molecule is O=C(CC1(O)CCCCC1)N1CCC2OCCCC2C1. The number of fused-ring (bicyclic) bond motifs is 1. The van der Waals surface area contributed by atoms with Crippen molar-refractivity contribution < 1.29 is 14.6 Å². The van der Waals surface area contributed by atoms with Crippen molar-refractivity contribution in [3.8, 4) is 0 Å². The van der Waals surface area contributed by atoms with Gasteiger partial charge in [-0.2, -0.15) is 0 Å². The number of hydrogen-bond donors (Lipinski definition) is 1. The molecule has 1 saturated carbocycles. The minimum atomic E-state index is -0.727. The van der Waals surface area contributed by atoms with Gasteiger partial charge < -0.3 is 14.7 Å². The zero-order valence-electron chi connectivity index (χ0n) is 12.4. The molecule has 2 aliphatic heterocycles. The van der Waals surface area contributed by atoms with Gasteiger partial charge in [0, 0.05) is 25.6 Å². The number of likely N-dealkylation sites (tertiary alicyclic amines) is 1. The van der Waals surface area contributed by atoms with E-state index in [1.54, 1.807) is 0 Å². The van der Waals surface area contributed by atoms with Crippen LogP contribution in [-0.2, 0) is 9.53 Å². The highest BCUT2D eigenvalue weighted by molar-refractivity contribution is 5.77. The van der Waals surface area contributed by atoms with Crippen LogP contribution >= 0.6 is 0 Å². The van der Waals surface area contributed by atoms with Crippen LogP contribution in [0.15, 0.2) is 0 Å². The van der Waals surface area contributed by atoms with Crippen molar-refractivity contribution in [2.75, 3.05) is 19.7 Å². The molecule has 2 saturated heterocycles. The molecule has 1 aliphatic carbocycles. The zero-order chi connectivity index (χ0) is 14.0. The molecule has 0 aromatic heterocycles. The molecule has 2 atom stereocenters. The van der Waals surface area contributed by atoms with Gasteiger partial charge in [0.2, 0.25) is 5.91 Å². The monoisotopic (exact) mass is 281 g/mol. The lowest BCUT2D eigenvalue weighted by Crippen LogP contribution is -2.50. The minimum absolute atomic E-state index is 0.151. The number of rotatable bonds is 2. The van der Waals surface area contributed by atoms with Crippen LogP contribution in [-0.4, -0.2) is 47.3 Å². The van der Waals surface area contributed by atoms with E-state index in [1.165, 1.54) is 12.8 Å². The van der Waals surface area contributed by atoms with E-state index in [9.17, 15) is 9.90 Å². The quantitative estimate of drug-likeness (QED) is 0.843. The van der Waals surface area contributed by atoms with Crippen molar-refractivity contribution in [3.05, 3.63) is 0 Å². The van der Waals surface area contributed by atoms with Crippen LogP contribution in [0.1, 0.15) is 57.8 Å². The average molecular weight is 281 g/mol. The fourth-order valence-electron chi connectivity index (χ4n) is 4.09. The molecular weight excluding hydrogens is 254 g/mol. The summed E-state index contributed by atoms with van der Waals surface area (Å²) in [6.07, 6.45) is 8.85. The molecule has 114 valence electrons. The maximum absolute atomic E-state index is 12.5. The lowest BCUT2D eigenvalue weighted by atomic mass is 9.81. The van der Waals surface area contributed by atoms with Gasteiger partial charge in [0.15, 0.2) is 0 Å². The highest BCUT2D eigenvalue weighted by atomic mass is 16.5. The molecular formula is C16H27NO3. The van der Waals surface area contributed by atoms with E-state index in [0.717, 1.165) is 58.2 Å². The Morgan fingerprint density at radius 2 is 2.00 bits per heavy atom. The third kappa shape index (κ3) is 3.17. The first-order valence-corrected chi connectivity index (χ1v) is 8.28. The molecule has 2 unspecified atom stereocenters. The number of hydrogen-bond acceptors (Lipinski definition) is 3. The summed E-state index contributed by atoms with van der Waals surface area (Å²) < 4.78 is 5.79. The van der Waals surface area contributed by atoms with E-state index in [4.69, 9.17) is 4.74 Å². The maximum atomic E-state index is 12.5. The minimum Gasteiger partial charge on any atom is -0.389 e. The molecule has 4 nitrogen and oxygen atoms in total. The summed E-state index contributed by atoms with van der Waals surface area (Å²) in [5.74, 6) is 0.667. The standard InChI is InChI=1S/C16H27NO3/c18-15(11-16(19)7-2-1-3-8-16)17-9-6-14-13(12-17)5-4-10-20-14/h13-14,19H,1-12H2. The van der Waals surface area contributed by atoms with Gasteiger partial charge >= 0.3 is 0 Å². The van der Waals surface area contributed by atoms with Crippen LogP contribution in [0, 0.1) is 5.92 Å². The third-order valence-corrected chi connectivity index (χ3v) is 5.33. The topological polar surface area (TPSA) is 49.8 Å². The molecule has 1 amide bonds. The van der Waals surface area contributed by atoms with Crippen molar-refractivity contribution in [2.24, 2.45) is 5.92 Å². The fraction of sp³-hybridized carbons (Fsp3) is 0.938. The molecule has 1 N–H and O–H groups in total. The number of nitrogens with zero attached hydrogens (tertiary/aromatic N) is 1. The second-order valence-electron chi connectivity index (χ2n) is 6.90. The molecule has 0 spiro atoms. The Morgan fingerprint density at radius 1 is 1.20 bits per heavy atom. The first-order chi connectivity index (χ1) is 9.66. The van der Waals surface area contributed by atoms with Crippen LogP contribution in [0.2, 0.25) is 0 Å². The fourth-order valence-corrected chi connectivity index (χ4v) is 4.09. The number of ether oxygens (including phenoxy) is 1. The molecule has 20 heavy (non-hydrogen) atoms. The van der Waals surface area contributed by atoms with Crippen LogP contribution in [0.5, 0.6) is 0 Å². The normalized spacial score (nSPS) is 33.5. The Morgan fingerprint density at radius 3 is 2.80 bits per heavy atom. The molecule has 2 heterocycles. The Balaban J connectivity index is 1.54. The predicted molar refractivity (Wildman–Crippen MR) is 76.3 cm³/mol. The highest BCUT2D eigenvalue weighted by Gasteiger charge is 2.37. The van der Waals surface area contributed by atoms with E-state index in [-0.39, 0.29) is 5.91 Å². The lowest BCUT2D eigenvalue weighted by molar-refractivity contribution is -0.144. The smallest absolute Gasteiger partial charge is 0.225 e. The van der Waals surface area contributed by atoms with Gasteiger partial charge in [-0.05, 0) is 32.1 Å². The van der Waals surface area contributed by atoms with E-state index < -0.39 is 5.60 Å². The number of carbonyl (C=O) groups is 1. The molecule has 0 aromatic rings. The second-order valence-corrected chi connectivity index (χ2v) is 6.90. The third-order valence-electron chi connectivity index (χ3n) is 5.33. The lowest BCUT2D eigenvalue weighted by Gasteiger charge is -2.42. The second kappa shape index (κ2) is 6.02. The van der Waals surface area contributed by atoms with Crippen molar-refractivity contribution in [3.63, 3.8) is 0 Å². The van der Waals surface area contributed by atoms with Crippen LogP contribution < -0.4 is 0 Å². The average Bonchev–Trinajstić information content (AvgIpc) is 2.47.